The first-order valence-corrected chi connectivity index (χ1v) is 9.61. The van der Waals surface area contributed by atoms with Crippen molar-refractivity contribution >= 4 is 21.6 Å². The number of benzene rings is 1. The van der Waals surface area contributed by atoms with E-state index in [2.05, 4.69) is 4.98 Å². The zero-order chi connectivity index (χ0) is 17.2. The third-order valence-electron chi connectivity index (χ3n) is 4.06. The Morgan fingerprint density at radius 1 is 1.25 bits per heavy atom. The number of sulfonamides is 1. The average molecular weight is 367 g/mol. The van der Waals surface area contributed by atoms with Gasteiger partial charge in [0, 0.05) is 24.0 Å². The van der Waals surface area contributed by atoms with Crippen molar-refractivity contribution in [3.63, 3.8) is 0 Å². The molecule has 3 rings (SSSR count). The summed E-state index contributed by atoms with van der Waals surface area (Å²) in [4.78, 5) is 4.21. The second-order valence-corrected chi connectivity index (χ2v) is 8.18. The maximum absolute atomic E-state index is 13.0. The monoisotopic (exact) mass is 366 g/mol. The number of hydrogen-bond acceptors (Lipinski definition) is 4. The molecule has 0 saturated carbocycles. The van der Waals surface area contributed by atoms with E-state index < -0.39 is 10.0 Å². The van der Waals surface area contributed by atoms with Crippen molar-refractivity contribution in [3.8, 4) is 5.75 Å². The van der Waals surface area contributed by atoms with Crippen LogP contribution in [0, 0.1) is 6.92 Å². The van der Waals surface area contributed by atoms with E-state index in [1.165, 1.54) is 10.4 Å². The Kier molecular flexibility index (Phi) is 5.08. The van der Waals surface area contributed by atoms with Crippen LogP contribution in [-0.4, -0.2) is 36.9 Å². The summed E-state index contributed by atoms with van der Waals surface area (Å²) in [6.45, 7) is 2.60. The molecule has 0 aliphatic carbocycles. The van der Waals surface area contributed by atoms with Gasteiger partial charge in [-0.1, -0.05) is 17.7 Å². The Balaban J connectivity index is 1.79. The normalized spacial score (nSPS) is 19.2. The third-order valence-corrected chi connectivity index (χ3v) is 6.30. The van der Waals surface area contributed by atoms with Crippen molar-refractivity contribution in [2.24, 2.45) is 0 Å². The van der Waals surface area contributed by atoms with Crippen LogP contribution in [0.4, 0.5) is 0 Å². The predicted octanol–water partition coefficient (Wildman–Crippen LogP) is 3.28. The van der Waals surface area contributed by atoms with Gasteiger partial charge >= 0.3 is 0 Å². The fraction of sp³-hybridized carbons (Fsp3) is 0.353. The molecular weight excluding hydrogens is 348 g/mol. The van der Waals surface area contributed by atoms with Crippen molar-refractivity contribution in [1.82, 2.24) is 9.29 Å². The molecule has 1 aromatic heterocycles. The van der Waals surface area contributed by atoms with Gasteiger partial charge in [0.05, 0.1) is 11.4 Å². The minimum absolute atomic E-state index is 0.171. The van der Waals surface area contributed by atoms with Gasteiger partial charge in [-0.25, -0.2) is 8.42 Å². The Morgan fingerprint density at radius 2 is 2.00 bits per heavy atom. The summed E-state index contributed by atoms with van der Waals surface area (Å²) in [6, 6.07) is 8.48. The number of pyridine rings is 1. The number of rotatable bonds is 4. The maximum Gasteiger partial charge on any atom is 0.243 e. The van der Waals surface area contributed by atoms with Crippen molar-refractivity contribution in [3.05, 3.63) is 53.3 Å². The highest BCUT2D eigenvalue weighted by atomic mass is 35.5. The molecular formula is C17H19ClN2O3S. The molecule has 1 aromatic carbocycles. The molecule has 1 fully saturated rings. The Bertz CT molecular complexity index is 812. The minimum atomic E-state index is -3.58. The van der Waals surface area contributed by atoms with Gasteiger partial charge < -0.3 is 4.74 Å². The zero-order valence-electron chi connectivity index (χ0n) is 13.4. The second kappa shape index (κ2) is 7.09. The summed E-state index contributed by atoms with van der Waals surface area (Å²) in [6.07, 6.45) is 4.72. The first-order chi connectivity index (χ1) is 11.5. The SMILES string of the molecule is Cc1ccc(Cl)cc1S(=O)(=O)N1CCCC(Oc2ccncc2)C1. The zero-order valence-corrected chi connectivity index (χ0v) is 14.9. The van der Waals surface area contributed by atoms with Crippen molar-refractivity contribution < 1.29 is 13.2 Å². The third kappa shape index (κ3) is 3.71. The van der Waals surface area contributed by atoms with Gasteiger partial charge in [-0.05, 0) is 49.6 Å². The first kappa shape index (κ1) is 17.2. The van der Waals surface area contributed by atoms with E-state index in [9.17, 15) is 8.42 Å². The fourth-order valence-corrected chi connectivity index (χ4v) is 4.82. The average Bonchev–Trinajstić information content (AvgIpc) is 2.58. The van der Waals surface area contributed by atoms with Gasteiger partial charge in [-0.2, -0.15) is 4.31 Å². The lowest BCUT2D eigenvalue weighted by Crippen LogP contribution is -2.44. The van der Waals surface area contributed by atoms with Crippen LogP contribution in [-0.2, 0) is 10.0 Å². The van der Waals surface area contributed by atoms with E-state index in [-0.39, 0.29) is 11.0 Å². The van der Waals surface area contributed by atoms with E-state index >= 15 is 0 Å². The molecule has 0 amide bonds. The highest BCUT2D eigenvalue weighted by Crippen LogP contribution is 2.27. The number of piperidine rings is 1. The lowest BCUT2D eigenvalue weighted by atomic mass is 10.1. The summed E-state index contributed by atoms with van der Waals surface area (Å²) in [7, 11) is -3.58. The highest BCUT2D eigenvalue weighted by molar-refractivity contribution is 7.89. The highest BCUT2D eigenvalue weighted by Gasteiger charge is 2.32. The van der Waals surface area contributed by atoms with Crippen LogP contribution in [0.1, 0.15) is 18.4 Å². The van der Waals surface area contributed by atoms with Gasteiger partial charge in [0.1, 0.15) is 11.9 Å². The number of ether oxygens (including phenoxy) is 1. The fourth-order valence-electron chi connectivity index (χ4n) is 2.82. The minimum Gasteiger partial charge on any atom is -0.489 e. The van der Waals surface area contributed by atoms with E-state index in [0.717, 1.165) is 12.8 Å². The van der Waals surface area contributed by atoms with Gasteiger partial charge in [-0.3, -0.25) is 4.98 Å². The molecule has 1 unspecified atom stereocenters. The van der Waals surface area contributed by atoms with Gasteiger partial charge in [-0.15, -0.1) is 0 Å². The molecule has 0 bridgehead atoms. The molecule has 0 N–H and O–H groups in total. The predicted molar refractivity (Wildman–Crippen MR) is 92.8 cm³/mol. The van der Waals surface area contributed by atoms with Crippen LogP contribution in [0.2, 0.25) is 5.02 Å². The van der Waals surface area contributed by atoms with Crippen LogP contribution in [0.25, 0.3) is 0 Å². The summed E-state index contributed by atoms with van der Waals surface area (Å²) in [5, 5.41) is 0.417. The molecule has 24 heavy (non-hydrogen) atoms. The maximum atomic E-state index is 13.0. The van der Waals surface area contributed by atoms with E-state index in [1.54, 1.807) is 43.6 Å². The topological polar surface area (TPSA) is 59.5 Å². The molecule has 128 valence electrons. The molecule has 7 heteroatoms. The molecule has 2 aromatic rings. The lowest BCUT2D eigenvalue weighted by molar-refractivity contribution is 0.129. The number of aryl methyl sites for hydroxylation is 1. The molecule has 0 radical (unpaired) electrons. The van der Waals surface area contributed by atoms with Crippen LogP contribution in [0.15, 0.2) is 47.6 Å². The van der Waals surface area contributed by atoms with E-state index in [0.29, 0.717) is 29.4 Å². The molecule has 2 heterocycles. The second-order valence-electron chi connectivity index (χ2n) is 5.84. The Labute approximate surface area is 147 Å². The quantitative estimate of drug-likeness (QED) is 0.833. The van der Waals surface area contributed by atoms with E-state index in [1.807, 2.05) is 0 Å². The smallest absolute Gasteiger partial charge is 0.243 e. The summed E-state index contributed by atoms with van der Waals surface area (Å²) < 4.78 is 33.3. The number of hydrogen-bond donors (Lipinski definition) is 0. The first-order valence-electron chi connectivity index (χ1n) is 7.80. The lowest BCUT2D eigenvalue weighted by Gasteiger charge is -2.32. The van der Waals surface area contributed by atoms with Crippen LogP contribution in [0.5, 0.6) is 5.75 Å². The van der Waals surface area contributed by atoms with Crippen molar-refractivity contribution in [2.45, 2.75) is 30.8 Å². The Hall–Kier alpha value is -1.63. The molecule has 1 atom stereocenters. The molecule has 1 aliphatic heterocycles. The summed E-state index contributed by atoms with van der Waals surface area (Å²) in [5.74, 6) is 0.702. The number of nitrogens with zero attached hydrogens (tertiary/aromatic N) is 2. The van der Waals surface area contributed by atoms with Gasteiger partial charge in [0.15, 0.2) is 0 Å². The van der Waals surface area contributed by atoms with E-state index in [4.69, 9.17) is 16.3 Å². The number of halogens is 1. The standard InChI is InChI=1S/C17H19ClN2O3S/c1-13-4-5-14(18)11-17(13)24(21,22)20-10-2-3-16(12-20)23-15-6-8-19-9-7-15/h4-9,11,16H,2-3,10,12H2,1H3. The van der Waals surface area contributed by atoms with Gasteiger partial charge in [0.25, 0.3) is 0 Å². The van der Waals surface area contributed by atoms with Gasteiger partial charge in [0.2, 0.25) is 10.0 Å². The number of aromatic nitrogens is 1. The Morgan fingerprint density at radius 3 is 2.75 bits per heavy atom. The van der Waals surface area contributed by atoms with Crippen molar-refractivity contribution in [2.75, 3.05) is 13.1 Å². The summed E-state index contributed by atoms with van der Waals surface area (Å²) in [5.41, 5.74) is 0.691. The molecule has 0 spiro atoms. The van der Waals surface area contributed by atoms with Crippen LogP contribution < -0.4 is 4.74 Å². The largest absolute Gasteiger partial charge is 0.489 e. The molecule has 1 aliphatic rings. The molecule has 5 nitrogen and oxygen atoms in total. The van der Waals surface area contributed by atoms with Crippen molar-refractivity contribution in [1.29, 1.82) is 0 Å². The molecule has 1 saturated heterocycles. The van der Waals surface area contributed by atoms with Crippen LogP contribution >= 0.6 is 11.6 Å². The van der Waals surface area contributed by atoms with Crippen LogP contribution in [0.3, 0.4) is 0 Å². The summed E-state index contributed by atoms with van der Waals surface area (Å²) >= 11 is 5.98.